The van der Waals surface area contributed by atoms with Crippen molar-refractivity contribution in [2.24, 2.45) is 0 Å². The zero-order chi connectivity index (χ0) is 14.5. The first kappa shape index (κ1) is 19.4. The predicted molar refractivity (Wildman–Crippen MR) is 82.3 cm³/mol. The van der Waals surface area contributed by atoms with E-state index in [0.717, 1.165) is 6.08 Å². The average Bonchev–Trinajstić information content (AvgIpc) is 2.90. The standard InChI is InChI=1S/C14H12N2O4.ClH.H2O/c17-13(18)4-2-10-1-3-11(12(7-10)14(19)20)8-16-6-5-15-9-16;;/h1-7,9H,8H2,(H,17,18)(H,19,20);1H;1H2. The van der Waals surface area contributed by atoms with Gasteiger partial charge in [-0.15, -0.1) is 12.4 Å². The van der Waals surface area contributed by atoms with Gasteiger partial charge in [0.15, 0.2) is 0 Å². The molecule has 0 aliphatic heterocycles. The van der Waals surface area contributed by atoms with E-state index in [0.29, 0.717) is 17.7 Å². The van der Waals surface area contributed by atoms with Crippen molar-refractivity contribution in [3.63, 3.8) is 0 Å². The first-order valence-corrected chi connectivity index (χ1v) is 5.79. The molecule has 0 unspecified atom stereocenters. The van der Waals surface area contributed by atoms with Crippen LogP contribution in [0.1, 0.15) is 21.5 Å². The summed E-state index contributed by atoms with van der Waals surface area (Å²) < 4.78 is 1.76. The van der Waals surface area contributed by atoms with Crippen LogP contribution in [0.3, 0.4) is 0 Å². The smallest absolute Gasteiger partial charge is 0.336 e. The molecule has 1 aromatic heterocycles. The van der Waals surface area contributed by atoms with Gasteiger partial charge >= 0.3 is 11.9 Å². The van der Waals surface area contributed by atoms with Crippen molar-refractivity contribution in [1.29, 1.82) is 0 Å². The van der Waals surface area contributed by atoms with Crippen molar-refractivity contribution >= 4 is 30.4 Å². The number of nitrogens with zero attached hydrogens (tertiary/aromatic N) is 2. The number of halogens is 1. The minimum Gasteiger partial charge on any atom is -0.478 e. The third-order valence-corrected chi connectivity index (χ3v) is 2.69. The van der Waals surface area contributed by atoms with Gasteiger partial charge in [0, 0.05) is 25.0 Å². The number of aliphatic carboxylic acids is 1. The maximum absolute atomic E-state index is 11.3. The maximum atomic E-state index is 11.3. The van der Waals surface area contributed by atoms with Gasteiger partial charge in [-0.05, 0) is 23.3 Å². The lowest BCUT2D eigenvalue weighted by Gasteiger charge is -2.08. The van der Waals surface area contributed by atoms with Crippen LogP contribution in [0.15, 0.2) is 43.0 Å². The zero-order valence-electron chi connectivity index (χ0n) is 11.3. The average molecular weight is 327 g/mol. The lowest BCUT2D eigenvalue weighted by atomic mass is 10.0. The summed E-state index contributed by atoms with van der Waals surface area (Å²) in [6, 6.07) is 4.80. The molecule has 0 radical (unpaired) electrons. The molecular formula is C14H15ClN2O5. The van der Waals surface area contributed by atoms with Crippen molar-refractivity contribution in [1.82, 2.24) is 9.55 Å². The summed E-state index contributed by atoms with van der Waals surface area (Å²) in [5.41, 5.74) is 1.30. The highest BCUT2D eigenvalue weighted by Gasteiger charge is 2.10. The molecule has 22 heavy (non-hydrogen) atoms. The Labute approximate surface area is 132 Å². The molecule has 2 aromatic rings. The van der Waals surface area contributed by atoms with Crippen LogP contribution in [0, 0.1) is 0 Å². The van der Waals surface area contributed by atoms with Crippen molar-refractivity contribution in [2.75, 3.05) is 0 Å². The molecule has 0 bridgehead atoms. The number of imidazole rings is 1. The monoisotopic (exact) mass is 326 g/mol. The van der Waals surface area contributed by atoms with E-state index in [-0.39, 0.29) is 23.4 Å². The Balaban J connectivity index is 0.00000220. The summed E-state index contributed by atoms with van der Waals surface area (Å²) in [7, 11) is 0. The van der Waals surface area contributed by atoms with E-state index in [9.17, 15) is 14.7 Å². The number of aromatic nitrogens is 2. The van der Waals surface area contributed by atoms with Gasteiger partial charge in [0.05, 0.1) is 11.9 Å². The molecule has 0 saturated carbocycles. The second-order valence-electron chi connectivity index (χ2n) is 4.13. The minimum absolute atomic E-state index is 0. The molecule has 0 fully saturated rings. The number of carbonyl (C=O) groups is 2. The lowest BCUT2D eigenvalue weighted by molar-refractivity contribution is -0.131. The van der Waals surface area contributed by atoms with Crippen LogP contribution < -0.4 is 0 Å². The molecule has 7 nitrogen and oxygen atoms in total. The Morgan fingerprint density at radius 3 is 2.55 bits per heavy atom. The number of hydrogen-bond acceptors (Lipinski definition) is 3. The quantitative estimate of drug-likeness (QED) is 0.802. The predicted octanol–water partition coefficient (Wildman–Crippen LogP) is 1.32. The van der Waals surface area contributed by atoms with Gasteiger partial charge in [0.1, 0.15) is 0 Å². The van der Waals surface area contributed by atoms with Gasteiger partial charge in [-0.3, -0.25) is 0 Å². The Bertz CT molecular complexity index is 668. The Morgan fingerprint density at radius 2 is 2.00 bits per heavy atom. The van der Waals surface area contributed by atoms with Crippen LogP contribution >= 0.6 is 12.4 Å². The molecule has 0 saturated heterocycles. The van der Waals surface area contributed by atoms with Crippen LogP contribution in [0.4, 0.5) is 0 Å². The largest absolute Gasteiger partial charge is 0.478 e. The Morgan fingerprint density at radius 1 is 1.27 bits per heavy atom. The fourth-order valence-corrected chi connectivity index (χ4v) is 1.78. The van der Waals surface area contributed by atoms with Crippen LogP contribution in [-0.2, 0) is 11.3 Å². The molecule has 1 aromatic carbocycles. The van der Waals surface area contributed by atoms with E-state index in [2.05, 4.69) is 4.98 Å². The van der Waals surface area contributed by atoms with E-state index >= 15 is 0 Å². The zero-order valence-corrected chi connectivity index (χ0v) is 12.2. The van der Waals surface area contributed by atoms with E-state index in [1.165, 1.54) is 12.1 Å². The van der Waals surface area contributed by atoms with Gasteiger partial charge < -0.3 is 20.3 Å². The molecular weight excluding hydrogens is 312 g/mol. The second kappa shape index (κ2) is 8.60. The highest BCUT2D eigenvalue weighted by atomic mass is 35.5. The third kappa shape index (κ3) is 5.04. The molecule has 0 atom stereocenters. The summed E-state index contributed by atoms with van der Waals surface area (Å²) in [6.45, 7) is 0.393. The van der Waals surface area contributed by atoms with Gasteiger partial charge in [-0.2, -0.15) is 0 Å². The first-order chi connectivity index (χ1) is 9.56. The number of hydrogen-bond donors (Lipinski definition) is 2. The van der Waals surface area contributed by atoms with Crippen molar-refractivity contribution in [2.45, 2.75) is 6.54 Å². The summed E-state index contributed by atoms with van der Waals surface area (Å²) in [4.78, 5) is 25.6. The molecule has 8 heteroatoms. The van der Waals surface area contributed by atoms with Crippen LogP contribution in [0.25, 0.3) is 6.08 Å². The van der Waals surface area contributed by atoms with E-state index in [1.807, 2.05) is 0 Å². The minimum atomic E-state index is -1.08. The molecule has 0 spiro atoms. The fraction of sp³-hybridized carbons (Fsp3) is 0.0714. The van der Waals surface area contributed by atoms with Crippen molar-refractivity contribution in [3.05, 3.63) is 59.7 Å². The molecule has 0 aliphatic rings. The summed E-state index contributed by atoms with van der Waals surface area (Å²) in [6.07, 6.45) is 7.28. The summed E-state index contributed by atoms with van der Waals surface area (Å²) >= 11 is 0. The first-order valence-electron chi connectivity index (χ1n) is 5.79. The molecule has 0 amide bonds. The SMILES string of the molecule is Cl.O.O=C(O)C=Cc1ccc(Cn2ccnc2)c(C(=O)O)c1. The Kier molecular flexibility index (Phi) is 7.57. The molecule has 118 valence electrons. The third-order valence-electron chi connectivity index (χ3n) is 2.69. The number of carboxylic acid groups (broad SMARTS) is 2. The number of rotatable bonds is 5. The Hall–Kier alpha value is -2.64. The van der Waals surface area contributed by atoms with Gasteiger partial charge in [-0.25, -0.2) is 14.6 Å². The van der Waals surface area contributed by atoms with Crippen LogP contribution in [0.2, 0.25) is 0 Å². The van der Waals surface area contributed by atoms with Crippen molar-refractivity contribution < 1.29 is 25.3 Å². The lowest BCUT2D eigenvalue weighted by Crippen LogP contribution is -2.06. The van der Waals surface area contributed by atoms with Gasteiger partial charge in [0.25, 0.3) is 0 Å². The number of aromatic carboxylic acids is 1. The number of carboxylic acids is 2. The fourth-order valence-electron chi connectivity index (χ4n) is 1.78. The molecule has 4 N–H and O–H groups in total. The van der Waals surface area contributed by atoms with Crippen LogP contribution in [0.5, 0.6) is 0 Å². The van der Waals surface area contributed by atoms with Crippen molar-refractivity contribution in [3.8, 4) is 0 Å². The highest BCUT2D eigenvalue weighted by Crippen LogP contribution is 2.15. The van der Waals surface area contributed by atoms with Gasteiger partial charge in [-0.1, -0.05) is 12.1 Å². The van der Waals surface area contributed by atoms with Gasteiger partial charge in [0.2, 0.25) is 0 Å². The second-order valence-corrected chi connectivity index (χ2v) is 4.13. The van der Waals surface area contributed by atoms with E-state index in [4.69, 9.17) is 5.11 Å². The normalized spacial score (nSPS) is 9.82. The summed E-state index contributed by atoms with van der Waals surface area (Å²) in [5.74, 6) is -2.13. The summed E-state index contributed by atoms with van der Waals surface area (Å²) in [5, 5.41) is 17.8. The number of benzene rings is 1. The van der Waals surface area contributed by atoms with E-state index < -0.39 is 11.9 Å². The highest BCUT2D eigenvalue weighted by molar-refractivity contribution is 5.91. The molecule has 1 heterocycles. The molecule has 0 aliphatic carbocycles. The topological polar surface area (TPSA) is 124 Å². The van der Waals surface area contributed by atoms with Crippen LogP contribution in [-0.4, -0.2) is 37.2 Å². The van der Waals surface area contributed by atoms with E-state index in [1.54, 1.807) is 35.4 Å². The molecule has 2 rings (SSSR count). The maximum Gasteiger partial charge on any atom is 0.336 e.